The van der Waals surface area contributed by atoms with Crippen molar-refractivity contribution < 1.29 is 18.3 Å². The smallest absolute Gasteiger partial charge is 0.322 e. The van der Waals surface area contributed by atoms with Crippen LogP contribution in [0.2, 0.25) is 0 Å². The van der Waals surface area contributed by atoms with Crippen LogP contribution in [0.15, 0.2) is 12.7 Å². The summed E-state index contributed by atoms with van der Waals surface area (Å²) < 4.78 is 28.9. The van der Waals surface area contributed by atoms with Crippen LogP contribution in [-0.4, -0.2) is 24.5 Å². The number of hydrogen-bond acceptors (Lipinski definition) is 3. The van der Waals surface area contributed by atoms with Crippen molar-refractivity contribution in [3.05, 3.63) is 12.7 Å². The van der Waals surface area contributed by atoms with Gasteiger partial charge in [-0.2, -0.15) is 8.78 Å². The quantitative estimate of drug-likeness (QED) is 0.510. The van der Waals surface area contributed by atoms with Crippen LogP contribution in [0.5, 0.6) is 0 Å². The van der Waals surface area contributed by atoms with Crippen molar-refractivity contribution in [1.29, 1.82) is 0 Å². The Hall–Kier alpha value is -0.970. The summed E-state index contributed by atoms with van der Waals surface area (Å²) in [5, 5.41) is 0. The van der Waals surface area contributed by atoms with Crippen LogP contribution in [0.25, 0.3) is 0 Å². The molecule has 1 atom stereocenters. The van der Waals surface area contributed by atoms with Gasteiger partial charge < -0.3 is 10.5 Å². The first-order chi connectivity index (χ1) is 5.39. The number of ether oxygens (including phenoxy) is 1. The van der Waals surface area contributed by atoms with Gasteiger partial charge in [0, 0.05) is 0 Å². The Morgan fingerprint density at radius 2 is 2.33 bits per heavy atom. The molecule has 0 aromatic heterocycles. The number of alkyl halides is 2. The maximum atomic E-state index is 12.3. The first kappa shape index (κ1) is 11.0. The molecule has 0 aromatic carbocycles. The van der Waals surface area contributed by atoms with Crippen molar-refractivity contribution in [3.63, 3.8) is 0 Å². The molecule has 0 amide bonds. The minimum absolute atomic E-state index is 0.418. The second kappa shape index (κ2) is 4.15. The summed E-state index contributed by atoms with van der Waals surface area (Å²) in [6.07, 6.45) is 0.418. The highest BCUT2D eigenvalue weighted by molar-refractivity contribution is 5.74. The van der Waals surface area contributed by atoms with E-state index in [1.54, 1.807) is 0 Å². The highest BCUT2D eigenvalue weighted by atomic mass is 19.3. The molecule has 3 nitrogen and oxygen atoms in total. The lowest BCUT2D eigenvalue weighted by molar-refractivity contribution is -0.152. The Bertz CT molecular complexity index is 180. The Morgan fingerprint density at radius 3 is 2.67 bits per heavy atom. The Kier molecular flexibility index (Phi) is 3.82. The van der Waals surface area contributed by atoms with E-state index in [4.69, 9.17) is 5.73 Å². The molecule has 0 aliphatic heterocycles. The molecule has 0 radical (unpaired) electrons. The second-order valence-electron chi connectivity index (χ2n) is 2.36. The molecule has 0 saturated heterocycles. The molecule has 2 N–H and O–H groups in total. The summed E-state index contributed by atoms with van der Waals surface area (Å²) >= 11 is 0. The average Bonchev–Trinajstić information content (AvgIpc) is 2.00. The third-order valence-corrected chi connectivity index (χ3v) is 1.08. The van der Waals surface area contributed by atoms with Gasteiger partial charge in [0.2, 0.25) is 0 Å². The highest BCUT2D eigenvalue weighted by Gasteiger charge is 2.26. The van der Waals surface area contributed by atoms with E-state index in [9.17, 15) is 13.6 Å². The zero-order valence-corrected chi connectivity index (χ0v) is 6.72. The van der Waals surface area contributed by atoms with E-state index in [2.05, 4.69) is 11.3 Å². The number of halogens is 2. The van der Waals surface area contributed by atoms with Gasteiger partial charge in [0.05, 0.1) is 0 Å². The van der Waals surface area contributed by atoms with Gasteiger partial charge in [-0.15, -0.1) is 0 Å². The number of nitrogens with two attached hydrogens (primary N) is 1. The number of hydrogen-bond donors (Lipinski definition) is 1. The molecule has 0 heterocycles. The van der Waals surface area contributed by atoms with Crippen LogP contribution in [-0.2, 0) is 9.53 Å². The molecular weight excluding hydrogens is 168 g/mol. The van der Waals surface area contributed by atoms with Crippen molar-refractivity contribution in [2.24, 2.45) is 5.73 Å². The van der Waals surface area contributed by atoms with Gasteiger partial charge in [-0.05, 0) is 13.0 Å². The van der Waals surface area contributed by atoms with Gasteiger partial charge in [0.15, 0.2) is 6.61 Å². The van der Waals surface area contributed by atoms with Crippen LogP contribution >= 0.6 is 0 Å². The summed E-state index contributed by atoms with van der Waals surface area (Å²) in [5.74, 6) is -4.03. The summed E-state index contributed by atoms with van der Waals surface area (Å²) in [4.78, 5) is 10.6. The van der Waals surface area contributed by atoms with Gasteiger partial charge in [0.1, 0.15) is 6.04 Å². The molecule has 0 spiro atoms. The van der Waals surface area contributed by atoms with E-state index in [0.29, 0.717) is 6.08 Å². The predicted octanol–water partition coefficient (Wildman–Crippen LogP) is 0.698. The zero-order chi connectivity index (χ0) is 9.78. The minimum Gasteiger partial charge on any atom is -0.458 e. The van der Waals surface area contributed by atoms with Crippen LogP contribution in [0, 0.1) is 0 Å². The van der Waals surface area contributed by atoms with Gasteiger partial charge >= 0.3 is 5.97 Å². The molecule has 0 bridgehead atoms. The maximum Gasteiger partial charge on any atom is 0.322 e. The summed E-state index contributed by atoms with van der Waals surface area (Å²) in [6, 6.07) is -0.884. The largest absolute Gasteiger partial charge is 0.458 e. The van der Waals surface area contributed by atoms with Crippen molar-refractivity contribution >= 4 is 5.97 Å². The van der Waals surface area contributed by atoms with E-state index in [1.807, 2.05) is 0 Å². The van der Waals surface area contributed by atoms with Gasteiger partial charge in [-0.1, -0.05) is 6.58 Å². The lowest BCUT2D eigenvalue weighted by Crippen LogP contribution is -2.32. The van der Waals surface area contributed by atoms with Crippen molar-refractivity contribution in [3.8, 4) is 0 Å². The standard InChI is InChI=1S/C7H11F2NO2/c1-3-7(8,9)4-12-6(11)5(2)10/h3,5H,1,4,10H2,2H3/t5-/m0/s1. The fourth-order valence-corrected chi connectivity index (χ4v) is 0.358. The molecule has 0 aliphatic rings. The first-order valence-corrected chi connectivity index (χ1v) is 3.32. The fourth-order valence-electron chi connectivity index (χ4n) is 0.358. The third-order valence-electron chi connectivity index (χ3n) is 1.08. The van der Waals surface area contributed by atoms with E-state index in [-0.39, 0.29) is 0 Å². The molecular formula is C7H11F2NO2. The lowest BCUT2D eigenvalue weighted by Gasteiger charge is -2.12. The summed E-state index contributed by atoms with van der Waals surface area (Å²) in [5.41, 5.74) is 5.06. The van der Waals surface area contributed by atoms with Gasteiger partial charge in [0.25, 0.3) is 5.92 Å². The molecule has 0 aromatic rings. The molecule has 0 unspecified atom stereocenters. The van der Waals surface area contributed by atoms with Crippen molar-refractivity contribution in [2.45, 2.75) is 18.9 Å². The fraction of sp³-hybridized carbons (Fsp3) is 0.571. The molecule has 0 saturated carbocycles. The number of carbonyl (C=O) groups is 1. The number of carbonyl (C=O) groups excluding carboxylic acids is 1. The SMILES string of the molecule is C=CC(F)(F)COC(=O)[C@H](C)N. The van der Waals surface area contributed by atoms with E-state index >= 15 is 0 Å². The summed E-state index contributed by atoms with van der Waals surface area (Å²) in [7, 11) is 0. The summed E-state index contributed by atoms with van der Waals surface area (Å²) in [6.45, 7) is 3.24. The second-order valence-corrected chi connectivity index (χ2v) is 2.36. The molecule has 0 rings (SSSR count). The molecule has 5 heteroatoms. The Morgan fingerprint density at radius 1 is 1.83 bits per heavy atom. The predicted molar refractivity (Wildman–Crippen MR) is 39.8 cm³/mol. The van der Waals surface area contributed by atoms with Crippen LogP contribution in [0.1, 0.15) is 6.92 Å². The van der Waals surface area contributed by atoms with Gasteiger partial charge in [-0.25, -0.2) is 0 Å². The molecule has 0 fully saturated rings. The van der Waals surface area contributed by atoms with Crippen LogP contribution in [0.3, 0.4) is 0 Å². The Balaban J connectivity index is 3.83. The third kappa shape index (κ3) is 4.02. The van der Waals surface area contributed by atoms with E-state index < -0.39 is 24.5 Å². The molecule has 70 valence electrons. The maximum absolute atomic E-state index is 12.3. The minimum atomic E-state index is -3.18. The number of rotatable bonds is 4. The van der Waals surface area contributed by atoms with Crippen molar-refractivity contribution in [2.75, 3.05) is 6.61 Å². The molecule has 12 heavy (non-hydrogen) atoms. The van der Waals surface area contributed by atoms with Crippen molar-refractivity contribution in [1.82, 2.24) is 0 Å². The molecule has 0 aliphatic carbocycles. The lowest BCUT2D eigenvalue weighted by atomic mass is 10.3. The topological polar surface area (TPSA) is 52.3 Å². The van der Waals surface area contributed by atoms with Crippen LogP contribution in [0.4, 0.5) is 8.78 Å². The average molecular weight is 179 g/mol. The van der Waals surface area contributed by atoms with E-state index in [1.165, 1.54) is 6.92 Å². The monoisotopic (exact) mass is 179 g/mol. The van der Waals surface area contributed by atoms with Crippen LogP contribution < -0.4 is 5.73 Å². The van der Waals surface area contributed by atoms with Gasteiger partial charge in [-0.3, -0.25) is 4.79 Å². The number of esters is 1. The van der Waals surface area contributed by atoms with E-state index in [0.717, 1.165) is 0 Å². The first-order valence-electron chi connectivity index (χ1n) is 3.32. The zero-order valence-electron chi connectivity index (χ0n) is 6.72. The Labute approximate surface area is 69.2 Å². The normalized spacial score (nSPS) is 13.7. The highest BCUT2D eigenvalue weighted by Crippen LogP contribution is 2.14.